The molecule has 1 saturated heterocycles. The highest BCUT2D eigenvalue weighted by molar-refractivity contribution is 7.66. The van der Waals surface area contributed by atoms with Crippen molar-refractivity contribution in [2.45, 2.75) is 30.2 Å². The maximum atomic E-state index is 12.3. The predicted octanol–water partition coefficient (Wildman–Crippen LogP) is -0.654. The first-order valence-electron chi connectivity index (χ1n) is 8.05. The number of phosphoric ester groups is 1. The Morgan fingerprint density at radius 1 is 1.31 bits per heavy atom. The molecule has 1 aliphatic rings. The quantitative estimate of drug-likeness (QED) is 0.136. The Kier molecular flexibility index (Phi) is 7.83. The lowest BCUT2D eigenvalue weighted by molar-refractivity contribution is -0.0461. The third kappa shape index (κ3) is 6.25. The van der Waals surface area contributed by atoms with Crippen LogP contribution in [0.25, 0.3) is 0 Å². The monoisotopic (exact) mass is 539 g/mol. The number of aromatic nitrogens is 2. The van der Waals surface area contributed by atoms with Crippen molar-refractivity contribution in [3.63, 3.8) is 0 Å². The van der Waals surface area contributed by atoms with Crippen LogP contribution in [0.5, 0.6) is 0 Å². The molecule has 4 unspecified atom stereocenters. The average Bonchev–Trinajstić information content (AvgIpc) is 2.81. The van der Waals surface area contributed by atoms with Crippen molar-refractivity contribution < 1.29 is 56.3 Å². The highest BCUT2D eigenvalue weighted by Crippen LogP contribution is 2.66. The second kappa shape index (κ2) is 9.25. The van der Waals surface area contributed by atoms with E-state index in [4.69, 9.17) is 43.2 Å². The van der Waals surface area contributed by atoms with Gasteiger partial charge in [-0.2, -0.15) is 13.6 Å². The Labute approximate surface area is 184 Å². The number of hydrogen-bond acceptors (Lipinski definition) is 11. The van der Waals surface area contributed by atoms with Crippen LogP contribution >= 0.6 is 35.1 Å². The van der Waals surface area contributed by atoms with Gasteiger partial charge in [-0.3, -0.25) is 9.09 Å². The molecule has 0 aliphatic carbocycles. The number of aryl methyl sites for hydroxylation is 1. The summed E-state index contributed by atoms with van der Waals surface area (Å²) in [5.74, 6) is 1.94. The molecule has 0 amide bonds. The van der Waals surface area contributed by atoms with Gasteiger partial charge in [-0.1, -0.05) is 17.5 Å². The van der Waals surface area contributed by atoms with Crippen molar-refractivity contribution in [3.8, 4) is 12.3 Å². The standard InChI is InChI=1S/C12H17ClN3O13P3/c1-3-12(13)9(17)7(27-10(12)16-6(2)4-8(14)15-11(16)18)5-26-31(22,23)29-32(24,25)28-30(19,20)21/h1,4,7,9-10,17H,5H2,2H3,(H,22,23)(H,24,25)(H2,14,15,18)(H2,19,20,21)/t7-,9?,10-,12?/m1/s1. The van der Waals surface area contributed by atoms with Crippen molar-refractivity contribution in [3.05, 3.63) is 22.2 Å². The zero-order valence-corrected chi connectivity index (χ0v) is 19.2. The minimum Gasteiger partial charge on any atom is -0.387 e. The highest BCUT2D eigenvalue weighted by Gasteiger charge is 2.57. The second-order valence-electron chi connectivity index (χ2n) is 6.25. The van der Waals surface area contributed by atoms with Gasteiger partial charge < -0.3 is 35.2 Å². The number of terminal acetylenes is 1. The Hall–Kier alpha value is -1.14. The second-order valence-corrected chi connectivity index (χ2v) is 11.3. The molecule has 2 rings (SSSR count). The third-order valence-corrected chi connectivity index (χ3v) is 8.21. The minimum absolute atomic E-state index is 0.118. The van der Waals surface area contributed by atoms with Gasteiger partial charge in [0.25, 0.3) is 0 Å². The van der Waals surface area contributed by atoms with E-state index < -0.39 is 59.1 Å². The van der Waals surface area contributed by atoms with Crippen molar-refractivity contribution in [2.24, 2.45) is 0 Å². The number of alkyl halides is 1. The van der Waals surface area contributed by atoms with E-state index in [0.717, 1.165) is 4.57 Å². The summed E-state index contributed by atoms with van der Waals surface area (Å²) in [5.41, 5.74) is 4.73. The Bertz CT molecular complexity index is 1130. The number of rotatable bonds is 8. The molecule has 0 radical (unpaired) electrons. The summed E-state index contributed by atoms with van der Waals surface area (Å²) >= 11 is 6.27. The maximum absolute atomic E-state index is 12.3. The van der Waals surface area contributed by atoms with E-state index in [1.165, 1.54) is 13.0 Å². The van der Waals surface area contributed by atoms with E-state index in [0.29, 0.717) is 0 Å². The van der Waals surface area contributed by atoms with Crippen LogP contribution in [-0.4, -0.2) is 57.9 Å². The highest BCUT2D eigenvalue weighted by atomic mass is 35.5. The summed E-state index contributed by atoms with van der Waals surface area (Å²) in [6.45, 7) is 0.385. The van der Waals surface area contributed by atoms with Crippen LogP contribution in [0.1, 0.15) is 11.9 Å². The van der Waals surface area contributed by atoms with Crippen LogP contribution in [0, 0.1) is 19.3 Å². The van der Waals surface area contributed by atoms with E-state index in [2.05, 4.69) is 24.0 Å². The van der Waals surface area contributed by atoms with Gasteiger partial charge in [0.2, 0.25) is 0 Å². The molecule has 16 nitrogen and oxygen atoms in total. The number of ether oxygens (including phenoxy) is 1. The summed E-state index contributed by atoms with van der Waals surface area (Å²) in [4.78, 5) is 49.4. The first-order chi connectivity index (χ1) is 14.4. The lowest BCUT2D eigenvalue weighted by atomic mass is 9.99. The average molecular weight is 540 g/mol. The van der Waals surface area contributed by atoms with Crippen molar-refractivity contribution in [2.75, 3.05) is 12.3 Å². The molecule has 0 saturated carbocycles. The van der Waals surface area contributed by atoms with Crippen molar-refractivity contribution in [1.29, 1.82) is 0 Å². The molecule has 180 valence electrons. The fourth-order valence-corrected chi connectivity index (χ4v) is 6.00. The molecule has 1 aromatic heterocycles. The summed E-state index contributed by atoms with van der Waals surface area (Å²) < 4.78 is 51.7. The summed E-state index contributed by atoms with van der Waals surface area (Å²) in [7, 11) is -16.8. The molecule has 6 atom stereocenters. The van der Waals surface area contributed by atoms with E-state index in [9.17, 15) is 28.5 Å². The van der Waals surface area contributed by atoms with Crippen LogP contribution in [-0.2, 0) is 31.6 Å². The van der Waals surface area contributed by atoms with E-state index in [1.807, 2.05) is 0 Å². The summed E-state index contributed by atoms with van der Waals surface area (Å²) in [6.07, 6.45) is 0.415. The molecule has 1 fully saturated rings. The van der Waals surface area contributed by atoms with E-state index in [1.54, 1.807) is 0 Å². The van der Waals surface area contributed by atoms with Gasteiger partial charge in [0.15, 0.2) is 11.1 Å². The first-order valence-corrected chi connectivity index (χ1v) is 12.9. The van der Waals surface area contributed by atoms with Crippen LogP contribution in [0.2, 0.25) is 0 Å². The molecule has 1 aromatic rings. The normalized spacial score (nSPS) is 29.8. The number of phosphoric acid groups is 3. The zero-order chi connectivity index (χ0) is 24.7. The molecule has 2 heterocycles. The van der Waals surface area contributed by atoms with Gasteiger partial charge in [-0.05, 0) is 13.0 Å². The molecular formula is C12H17ClN3O13P3. The van der Waals surface area contributed by atoms with E-state index >= 15 is 0 Å². The largest absolute Gasteiger partial charge is 0.490 e. The number of nitrogen functional groups attached to an aromatic ring is 1. The lowest BCUT2D eigenvalue weighted by Crippen LogP contribution is -2.44. The number of aliphatic hydroxyl groups is 1. The maximum Gasteiger partial charge on any atom is 0.490 e. The molecule has 0 spiro atoms. The fourth-order valence-electron chi connectivity index (χ4n) is 2.68. The molecule has 32 heavy (non-hydrogen) atoms. The van der Waals surface area contributed by atoms with Crippen LogP contribution in [0.4, 0.5) is 5.82 Å². The van der Waals surface area contributed by atoms with Crippen molar-refractivity contribution in [1.82, 2.24) is 9.55 Å². The van der Waals surface area contributed by atoms with Gasteiger partial charge in [0.1, 0.15) is 18.0 Å². The molecule has 20 heteroatoms. The van der Waals surface area contributed by atoms with E-state index in [-0.39, 0.29) is 11.5 Å². The molecule has 0 aromatic carbocycles. The van der Waals surface area contributed by atoms with Gasteiger partial charge in [-0.15, -0.1) is 6.42 Å². The summed E-state index contributed by atoms with van der Waals surface area (Å²) in [5, 5.41) is 10.5. The number of aliphatic hydroxyl groups excluding tert-OH is 1. The van der Waals surface area contributed by atoms with Crippen LogP contribution in [0.15, 0.2) is 10.9 Å². The van der Waals surface area contributed by atoms with Crippen LogP contribution in [0.3, 0.4) is 0 Å². The topological polar surface area (TPSA) is 250 Å². The molecular weight excluding hydrogens is 523 g/mol. The molecule has 0 bridgehead atoms. The van der Waals surface area contributed by atoms with Gasteiger partial charge >= 0.3 is 29.2 Å². The Balaban J connectivity index is 2.23. The first kappa shape index (κ1) is 27.1. The lowest BCUT2D eigenvalue weighted by Gasteiger charge is -2.26. The SMILES string of the molecule is C#CC1(Cl)C(O)[C@@H](COP(=O)(O)OP(=O)(O)OP(=O)(O)O)O[C@H]1n1c(C)cc(N)nc1=O. The fraction of sp³-hybridized carbons (Fsp3) is 0.500. The minimum atomic E-state index is -5.75. The van der Waals surface area contributed by atoms with Gasteiger partial charge in [0.05, 0.1) is 6.61 Å². The van der Waals surface area contributed by atoms with Gasteiger partial charge in [0, 0.05) is 5.69 Å². The summed E-state index contributed by atoms with van der Waals surface area (Å²) in [6, 6.07) is 1.28. The molecule has 1 aliphatic heterocycles. The number of nitrogens with two attached hydrogens (primary N) is 1. The smallest absolute Gasteiger partial charge is 0.387 e. The Morgan fingerprint density at radius 2 is 1.91 bits per heavy atom. The zero-order valence-electron chi connectivity index (χ0n) is 15.8. The third-order valence-electron chi connectivity index (χ3n) is 3.89. The molecule has 7 N–H and O–H groups in total. The van der Waals surface area contributed by atoms with Crippen LogP contribution < -0.4 is 11.4 Å². The van der Waals surface area contributed by atoms with Crippen molar-refractivity contribution >= 4 is 40.9 Å². The number of halogens is 1. The number of nitrogens with zero attached hydrogens (tertiary/aromatic N) is 2. The Morgan fingerprint density at radius 3 is 2.41 bits per heavy atom. The predicted molar refractivity (Wildman–Crippen MR) is 105 cm³/mol. The van der Waals surface area contributed by atoms with Gasteiger partial charge in [-0.25, -0.2) is 18.5 Å². The number of anilines is 1. The number of hydrogen-bond donors (Lipinski definition) is 6.